The van der Waals surface area contributed by atoms with Crippen LogP contribution in [0.3, 0.4) is 0 Å². The van der Waals surface area contributed by atoms with Crippen molar-refractivity contribution in [3.63, 3.8) is 0 Å². The van der Waals surface area contributed by atoms with Crippen molar-refractivity contribution in [2.75, 3.05) is 20.2 Å². The molecule has 1 unspecified atom stereocenters. The Morgan fingerprint density at radius 1 is 1.21 bits per heavy atom. The normalized spacial score (nSPS) is 16.9. The molecule has 1 saturated heterocycles. The van der Waals surface area contributed by atoms with Crippen molar-refractivity contribution in [2.24, 2.45) is 0 Å². The molecule has 0 bridgehead atoms. The second-order valence-corrected chi connectivity index (χ2v) is 5.73. The molecule has 1 aliphatic rings. The zero-order valence-electron chi connectivity index (χ0n) is 13.7. The highest BCUT2D eigenvalue weighted by Crippen LogP contribution is 2.20. The minimum atomic E-state index is -0.436. The van der Waals surface area contributed by atoms with Gasteiger partial charge in [0, 0.05) is 24.6 Å². The first-order chi connectivity index (χ1) is 11.5. The van der Waals surface area contributed by atoms with Gasteiger partial charge in [-0.25, -0.2) is 4.79 Å². The van der Waals surface area contributed by atoms with E-state index < -0.39 is 5.63 Å². The van der Waals surface area contributed by atoms with Crippen LogP contribution in [0.5, 0.6) is 11.5 Å². The van der Waals surface area contributed by atoms with Gasteiger partial charge in [-0.3, -0.25) is 4.79 Å². The summed E-state index contributed by atoms with van der Waals surface area (Å²) in [7, 11) is 1.59. The number of carbonyl (C=O) groups is 1. The maximum atomic E-state index is 12.5. The summed E-state index contributed by atoms with van der Waals surface area (Å²) in [5.74, 6) is 1.66. The summed E-state index contributed by atoms with van der Waals surface area (Å²) in [6, 6.07) is 10.0. The minimum Gasteiger partial charge on any atom is -0.497 e. The summed E-state index contributed by atoms with van der Waals surface area (Å²) in [5, 5.41) is 0. The van der Waals surface area contributed by atoms with Gasteiger partial charge in [-0.05, 0) is 31.2 Å². The average Bonchev–Trinajstić information content (AvgIpc) is 3.01. The van der Waals surface area contributed by atoms with E-state index >= 15 is 0 Å². The number of hydrogen-bond acceptors (Lipinski definition) is 5. The lowest BCUT2D eigenvalue weighted by Gasteiger charge is -2.17. The van der Waals surface area contributed by atoms with E-state index in [1.54, 1.807) is 49.3 Å². The summed E-state index contributed by atoms with van der Waals surface area (Å²) in [4.78, 5) is 25.6. The molecule has 0 aliphatic carbocycles. The van der Waals surface area contributed by atoms with Crippen molar-refractivity contribution in [3.05, 3.63) is 58.1 Å². The maximum absolute atomic E-state index is 12.5. The Bertz CT molecular complexity index is 781. The Morgan fingerprint density at radius 3 is 2.62 bits per heavy atom. The van der Waals surface area contributed by atoms with Gasteiger partial charge in [0.15, 0.2) is 0 Å². The smallest absolute Gasteiger partial charge is 0.339 e. The predicted molar refractivity (Wildman–Crippen MR) is 87.6 cm³/mol. The predicted octanol–water partition coefficient (Wildman–Crippen LogP) is 2.25. The van der Waals surface area contributed by atoms with Crippen molar-refractivity contribution in [2.45, 2.75) is 19.4 Å². The fourth-order valence-corrected chi connectivity index (χ4v) is 2.76. The van der Waals surface area contributed by atoms with Crippen LogP contribution in [0, 0.1) is 6.92 Å². The van der Waals surface area contributed by atoms with E-state index in [9.17, 15) is 9.59 Å². The monoisotopic (exact) mass is 329 g/mol. The fraction of sp³-hybridized carbons (Fsp3) is 0.333. The van der Waals surface area contributed by atoms with E-state index in [1.165, 1.54) is 6.07 Å². The van der Waals surface area contributed by atoms with Crippen LogP contribution in [-0.4, -0.2) is 37.1 Å². The molecule has 1 aliphatic heterocycles. The van der Waals surface area contributed by atoms with Gasteiger partial charge in [-0.1, -0.05) is 0 Å². The number of aryl methyl sites for hydroxylation is 1. The zero-order chi connectivity index (χ0) is 17.1. The largest absolute Gasteiger partial charge is 0.497 e. The lowest BCUT2D eigenvalue weighted by atomic mass is 10.2. The lowest BCUT2D eigenvalue weighted by Crippen LogP contribution is -2.31. The molecule has 0 spiro atoms. The highest BCUT2D eigenvalue weighted by Gasteiger charge is 2.28. The number of nitrogens with zero attached hydrogens (tertiary/aromatic N) is 1. The van der Waals surface area contributed by atoms with Gasteiger partial charge < -0.3 is 18.8 Å². The number of benzene rings is 1. The molecule has 126 valence electrons. The van der Waals surface area contributed by atoms with Gasteiger partial charge in [0.1, 0.15) is 23.4 Å². The molecule has 24 heavy (non-hydrogen) atoms. The van der Waals surface area contributed by atoms with Gasteiger partial charge in [-0.2, -0.15) is 0 Å². The summed E-state index contributed by atoms with van der Waals surface area (Å²) in [5.41, 5.74) is 0.182. The van der Waals surface area contributed by atoms with Gasteiger partial charge in [0.25, 0.3) is 5.91 Å². The standard InChI is InChI=1S/C18H19NO5/c1-12-9-16(10-17(20)23-12)24-15-7-8-19(11-15)18(21)13-3-5-14(22-2)6-4-13/h3-6,9-10,15H,7-8,11H2,1-2H3. The second kappa shape index (κ2) is 6.78. The first kappa shape index (κ1) is 16.1. The van der Waals surface area contributed by atoms with Crippen LogP contribution in [0.1, 0.15) is 22.5 Å². The molecule has 3 rings (SSSR count). The second-order valence-electron chi connectivity index (χ2n) is 5.73. The fourth-order valence-electron chi connectivity index (χ4n) is 2.76. The van der Waals surface area contributed by atoms with Gasteiger partial charge in [-0.15, -0.1) is 0 Å². The number of ether oxygens (including phenoxy) is 2. The molecular weight excluding hydrogens is 310 g/mol. The van der Waals surface area contributed by atoms with E-state index in [4.69, 9.17) is 13.9 Å². The molecule has 6 nitrogen and oxygen atoms in total. The quantitative estimate of drug-likeness (QED) is 0.860. The number of hydrogen-bond donors (Lipinski definition) is 0. The summed E-state index contributed by atoms with van der Waals surface area (Å²) >= 11 is 0. The molecule has 1 fully saturated rings. The number of carbonyl (C=O) groups excluding carboxylic acids is 1. The topological polar surface area (TPSA) is 69.0 Å². The van der Waals surface area contributed by atoms with Crippen LogP contribution in [-0.2, 0) is 0 Å². The number of amides is 1. The number of likely N-dealkylation sites (tertiary alicyclic amines) is 1. The molecule has 1 aromatic heterocycles. The van der Waals surface area contributed by atoms with Gasteiger partial charge in [0.2, 0.25) is 0 Å². The van der Waals surface area contributed by atoms with E-state index in [1.807, 2.05) is 0 Å². The Balaban J connectivity index is 1.63. The first-order valence-corrected chi connectivity index (χ1v) is 7.77. The minimum absolute atomic E-state index is 0.0347. The molecule has 6 heteroatoms. The lowest BCUT2D eigenvalue weighted by molar-refractivity contribution is 0.0772. The molecule has 0 radical (unpaired) electrons. The number of rotatable bonds is 4. The van der Waals surface area contributed by atoms with Crippen LogP contribution in [0.2, 0.25) is 0 Å². The summed E-state index contributed by atoms with van der Waals surface area (Å²) in [6.07, 6.45) is 0.592. The molecule has 2 aromatic rings. The third-order valence-corrected chi connectivity index (χ3v) is 3.94. The maximum Gasteiger partial charge on any atom is 0.339 e. The molecule has 1 aromatic carbocycles. The summed E-state index contributed by atoms with van der Waals surface area (Å²) in [6.45, 7) is 2.81. The molecule has 1 amide bonds. The van der Waals surface area contributed by atoms with E-state index in [-0.39, 0.29) is 12.0 Å². The van der Waals surface area contributed by atoms with Gasteiger partial charge >= 0.3 is 5.63 Å². The zero-order valence-corrected chi connectivity index (χ0v) is 13.7. The highest BCUT2D eigenvalue weighted by molar-refractivity contribution is 5.94. The first-order valence-electron chi connectivity index (χ1n) is 7.77. The van der Waals surface area contributed by atoms with E-state index in [0.29, 0.717) is 35.9 Å². The van der Waals surface area contributed by atoms with E-state index in [0.717, 1.165) is 6.42 Å². The SMILES string of the molecule is COc1ccc(C(=O)N2CCC(Oc3cc(C)oc(=O)c3)C2)cc1. The van der Waals surface area contributed by atoms with E-state index in [2.05, 4.69) is 0 Å². The molecule has 0 N–H and O–H groups in total. The van der Waals surface area contributed by atoms with Crippen molar-refractivity contribution < 1.29 is 18.7 Å². The summed E-state index contributed by atoms with van der Waals surface area (Å²) < 4.78 is 15.8. The van der Waals surface area contributed by atoms with Crippen LogP contribution in [0.4, 0.5) is 0 Å². The molecule has 0 saturated carbocycles. The van der Waals surface area contributed by atoms with Crippen molar-refractivity contribution >= 4 is 5.91 Å². The van der Waals surface area contributed by atoms with Gasteiger partial charge in [0.05, 0.1) is 19.7 Å². The van der Waals surface area contributed by atoms with Crippen molar-refractivity contribution in [1.82, 2.24) is 4.90 Å². The Labute approximate surface area is 139 Å². The molecule has 2 heterocycles. The molecular formula is C18H19NO5. The van der Waals surface area contributed by atoms with Crippen LogP contribution >= 0.6 is 0 Å². The van der Waals surface area contributed by atoms with Crippen LogP contribution in [0.25, 0.3) is 0 Å². The van der Waals surface area contributed by atoms with Crippen molar-refractivity contribution in [3.8, 4) is 11.5 Å². The van der Waals surface area contributed by atoms with Crippen LogP contribution < -0.4 is 15.1 Å². The Morgan fingerprint density at radius 2 is 1.96 bits per heavy atom. The Kier molecular flexibility index (Phi) is 4.55. The highest BCUT2D eigenvalue weighted by atomic mass is 16.5. The van der Waals surface area contributed by atoms with Crippen molar-refractivity contribution in [1.29, 1.82) is 0 Å². The number of methoxy groups -OCH3 is 1. The average molecular weight is 329 g/mol. The Hall–Kier alpha value is -2.76. The van der Waals surface area contributed by atoms with Crippen LogP contribution in [0.15, 0.2) is 45.6 Å². The third-order valence-electron chi connectivity index (χ3n) is 3.94. The third kappa shape index (κ3) is 3.59. The molecule has 1 atom stereocenters.